The number of hydrogen-bond acceptors (Lipinski definition) is 4. The average Bonchev–Trinajstić information content (AvgIpc) is 2.91. The van der Waals surface area contributed by atoms with Gasteiger partial charge in [-0.25, -0.2) is 4.31 Å². The number of likely N-dealkylation sites (N-methyl/N-ethyl adjacent to an activating group) is 1. The normalized spacial score (nSPS) is 12.2. The van der Waals surface area contributed by atoms with Crippen molar-refractivity contribution in [2.45, 2.75) is 32.9 Å². The van der Waals surface area contributed by atoms with Gasteiger partial charge in [-0.05, 0) is 54.3 Å². The van der Waals surface area contributed by atoms with E-state index < -0.39 is 28.7 Å². The number of nitrogens with one attached hydrogen (secondary N) is 1. The molecule has 10 heteroatoms. The second-order valence-electron chi connectivity index (χ2n) is 9.55. The molecule has 1 atom stereocenters. The first-order valence-electron chi connectivity index (χ1n) is 12.5. The highest BCUT2D eigenvalue weighted by Gasteiger charge is 2.34. The molecule has 208 valence electrons. The third kappa shape index (κ3) is 7.59. The second kappa shape index (κ2) is 13.1. The summed E-state index contributed by atoms with van der Waals surface area (Å²) in [6, 6.07) is 20.9. The monoisotopic (exact) mass is 570 g/mol. The molecular formula is C29H35ClN4O4S. The van der Waals surface area contributed by atoms with Crippen LogP contribution in [-0.4, -0.2) is 63.2 Å². The summed E-state index contributed by atoms with van der Waals surface area (Å²) in [5.41, 5.74) is 3.58. The van der Waals surface area contributed by atoms with Gasteiger partial charge in [-0.3, -0.25) is 9.59 Å². The molecule has 0 heterocycles. The second-order valence-corrected chi connectivity index (χ2v) is 12.1. The van der Waals surface area contributed by atoms with Crippen molar-refractivity contribution in [1.82, 2.24) is 14.5 Å². The van der Waals surface area contributed by atoms with Crippen molar-refractivity contribution in [3.05, 3.63) is 100 Å². The Labute approximate surface area is 236 Å². The van der Waals surface area contributed by atoms with E-state index in [0.29, 0.717) is 16.3 Å². The number of hydrogen-bond donors (Lipinski definition) is 1. The van der Waals surface area contributed by atoms with Gasteiger partial charge in [0.25, 0.3) is 0 Å². The number of anilines is 1. The predicted molar refractivity (Wildman–Crippen MR) is 156 cm³/mol. The zero-order valence-electron chi connectivity index (χ0n) is 22.9. The SMILES string of the molecule is CNC(=O)[C@@H](Cc1ccccc1)N(Cc1ccc(Cl)cc1)C(=O)CN(c1cc(C)ccc1C)S(=O)(=O)N(C)C. The fourth-order valence-corrected chi connectivity index (χ4v) is 5.44. The Hall–Kier alpha value is -3.40. The van der Waals surface area contributed by atoms with Crippen LogP contribution < -0.4 is 9.62 Å². The quantitative estimate of drug-likeness (QED) is 0.378. The smallest absolute Gasteiger partial charge is 0.304 e. The number of aryl methyl sites for hydroxylation is 2. The van der Waals surface area contributed by atoms with E-state index in [0.717, 1.165) is 25.3 Å². The van der Waals surface area contributed by atoms with Crippen LogP contribution in [0.15, 0.2) is 72.8 Å². The van der Waals surface area contributed by atoms with Crippen molar-refractivity contribution in [2.75, 3.05) is 32.0 Å². The zero-order chi connectivity index (χ0) is 28.7. The molecule has 0 aliphatic heterocycles. The predicted octanol–water partition coefficient (Wildman–Crippen LogP) is 3.96. The molecule has 0 aliphatic rings. The van der Waals surface area contributed by atoms with Crippen molar-refractivity contribution in [3.63, 3.8) is 0 Å². The van der Waals surface area contributed by atoms with Crippen LogP contribution in [0.25, 0.3) is 0 Å². The maximum Gasteiger partial charge on any atom is 0.304 e. The molecule has 0 saturated carbocycles. The number of carbonyl (C=O) groups is 2. The first-order valence-corrected chi connectivity index (χ1v) is 14.3. The van der Waals surface area contributed by atoms with E-state index in [1.165, 1.54) is 26.0 Å². The highest BCUT2D eigenvalue weighted by molar-refractivity contribution is 7.90. The highest BCUT2D eigenvalue weighted by atomic mass is 35.5. The van der Waals surface area contributed by atoms with E-state index in [1.54, 1.807) is 37.3 Å². The van der Waals surface area contributed by atoms with E-state index >= 15 is 0 Å². The molecule has 3 aromatic carbocycles. The summed E-state index contributed by atoms with van der Waals surface area (Å²) in [5.74, 6) is -0.865. The fraction of sp³-hybridized carbons (Fsp3) is 0.310. The number of rotatable bonds is 11. The van der Waals surface area contributed by atoms with E-state index in [9.17, 15) is 18.0 Å². The minimum atomic E-state index is -4.05. The molecule has 0 bridgehead atoms. The van der Waals surface area contributed by atoms with Crippen LogP contribution in [0.5, 0.6) is 0 Å². The molecule has 0 aliphatic carbocycles. The minimum absolute atomic E-state index is 0.0869. The van der Waals surface area contributed by atoms with Gasteiger partial charge in [0.15, 0.2) is 0 Å². The van der Waals surface area contributed by atoms with E-state index in [4.69, 9.17) is 11.6 Å². The van der Waals surface area contributed by atoms with Crippen LogP contribution in [0.1, 0.15) is 22.3 Å². The number of nitrogens with zero attached hydrogens (tertiary/aromatic N) is 3. The van der Waals surface area contributed by atoms with Crippen LogP contribution in [0.3, 0.4) is 0 Å². The van der Waals surface area contributed by atoms with Crippen molar-refractivity contribution >= 4 is 39.3 Å². The zero-order valence-corrected chi connectivity index (χ0v) is 24.5. The third-order valence-corrected chi connectivity index (χ3v) is 8.49. The van der Waals surface area contributed by atoms with Gasteiger partial charge in [-0.1, -0.05) is 66.2 Å². The lowest BCUT2D eigenvalue weighted by atomic mass is 10.0. The molecule has 8 nitrogen and oxygen atoms in total. The van der Waals surface area contributed by atoms with E-state index in [-0.39, 0.29) is 18.9 Å². The van der Waals surface area contributed by atoms with Gasteiger partial charge in [-0.2, -0.15) is 12.7 Å². The summed E-state index contributed by atoms with van der Waals surface area (Å²) >= 11 is 6.07. The molecule has 0 radical (unpaired) electrons. The van der Waals surface area contributed by atoms with Crippen LogP contribution in [0.4, 0.5) is 5.69 Å². The number of benzene rings is 3. The number of carbonyl (C=O) groups excluding carboxylic acids is 2. The molecule has 3 aromatic rings. The molecule has 3 rings (SSSR count). The molecule has 1 N–H and O–H groups in total. The summed E-state index contributed by atoms with van der Waals surface area (Å²) in [4.78, 5) is 28.8. The first-order chi connectivity index (χ1) is 18.4. The summed E-state index contributed by atoms with van der Waals surface area (Å²) < 4.78 is 29.2. The van der Waals surface area contributed by atoms with Gasteiger partial charge in [0, 0.05) is 39.1 Å². The van der Waals surface area contributed by atoms with Crippen LogP contribution in [0.2, 0.25) is 5.02 Å². The molecule has 0 aromatic heterocycles. The van der Waals surface area contributed by atoms with Gasteiger partial charge in [0.2, 0.25) is 11.8 Å². The Morgan fingerprint density at radius 1 is 0.923 bits per heavy atom. The lowest BCUT2D eigenvalue weighted by Gasteiger charge is -2.34. The topological polar surface area (TPSA) is 90.0 Å². The Morgan fingerprint density at radius 2 is 1.56 bits per heavy atom. The number of amides is 2. The lowest BCUT2D eigenvalue weighted by Crippen LogP contribution is -2.54. The maximum absolute atomic E-state index is 14.1. The summed E-state index contributed by atoms with van der Waals surface area (Å²) in [6.07, 6.45) is 0.254. The van der Waals surface area contributed by atoms with Gasteiger partial charge >= 0.3 is 10.2 Å². The van der Waals surface area contributed by atoms with Crippen molar-refractivity contribution < 1.29 is 18.0 Å². The summed E-state index contributed by atoms with van der Waals surface area (Å²) in [5, 5.41) is 3.22. The third-order valence-electron chi connectivity index (χ3n) is 6.44. The van der Waals surface area contributed by atoms with E-state index in [1.807, 2.05) is 49.4 Å². The van der Waals surface area contributed by atoms with Crippen LogP contribution >= 0.6 is 11.6 Å². The molecule has 2 amide bonds. The largest absolute Gasteiger partial charge is 0.357 e. The van der Waals surface area contributed by atoms with Crippen molar-refractivity contribution in [3.8, 4) is 0 Å². The minimum Gasteiger partial charge on any atom is -0.357 e. The Kier molecular flexibility index (Phi) is 10.1. The standard InChI is InChI=1S/C29H35ClN4O4S/c1-21-11-12-22(2)26(17-21)34(39(37,38)32(4)5)20-28(35)33(19-24-13-15-25(30)16-14-24)27(29(36)31-3)18-23-9-7-6-8-10-23/h6-17,27H,18-20H2,1-5H3,(H,31,36)/t27-/m1/s1. The van der Waals surface area contributed by atoms with Crippen molar-refractivity contribution in [2.24, 2.45) is 0 Å². The van der Waals surface area contributed by atoms with Gasteiger partial charge < -0.3 is 10.2 Å². The maximum atomic E-state index is 14.1. The van der Waals surface area contributed by atoms with Gasteiger partial charge in [0.1, 0.15) is 12.6 Å². The average molecular weight is 571 g/mol. The lowest BCUT2D eigenvalue weighted by molar-refractivity contribution is -0.139. The fourth-order valence-electron chi connectivity index (χ4n) is 4.20. The molecule has 39 heavy (non-hydrogen) atoms. The van der Waals surface area contributed by atoms with E-state index in [2.05, 4.69) is 5.32 Å². The molecule has 0 saturated heterocycles. The molecular weight excluding hydrogens is 536 g/mol. The van der Waals surface area contributed by atoms with Gasteiger partial charge in [-0.15, -0.1) is 0 Å². The number of halogens is 1. The first kappa shape index (κ1) is 30.1. The molecule has 0 spiro atoms. The van der Waals surface area contributed by atoms with Gasteiger partial charge in [0.05, 0.1) is 5.69 Å². The van der Waals surface area contributed by atoms with Crippen molar-refractivity contribution in [1.29, 1.82) is 0 Å². The Balaban J connectivity index is 2.09. The molecule has 0 fully saturated rings. The summed E-state index contributed by atoms with van der Waals surface area (Å²) in [6.45, 7) is 3.26. The Morgan fingerprint density at radius 3 is 2.15 bits per heavy atom. The van der Waals surface area contributed by atoms with Crippen LogP contribution in [0, 0.1) is 13.8 Å². The highest BCUT2D eigenvalue weighted by Crippen LogP contribution is 2.26. The van der Waals surface area contributed by atoms with Crippen LogP contribution in [-0.2, 0) is 32.8 Å². The summed E-state index contributed by atoms with van der Waals surface area (Å²) in [7, 11) is 0.316. The Bertz CT molecular complexity index is 1400. The molecule has 0 unspecified atom stereocenters.